The zero-order chi connectivity index (χ0) is 20.4. The number of carbonyl (C=O) groups excluding carboxylic acids is 1. The predicted octanol–water partition coefficient (Wildman–Crippen LogP) is 2.67. The Hall–Kier alpha value is -2.63. The first-order valence-electron chi connectivity index (χ1n) is 7.62. The van der Waals surface area contributed by atoms with E-state index in [0.29, 0.717) is 0 Å². The number of sulfone groups is 1. The van der Waals surface area contributed by atoms with Gasteiger partial charge in [-0.2, -0.15) is 13.2 Å². The fourth-order valence-electron chi connectivity index (χ4n) is 2.23. The summed E-state index contributed by atoms with van der Waals surface area (Å²) in [7, 11) is -3.98. The van der Waals surface area contributed by atoms with E-state index in [1.807, 2.05) is 0 Å². The molecule has 0 aliphatic heterocycles. The molecule has 0 aliphatic rings. The van der Waals surface area contributed by atoms with Crippen LogP contribution in [0, 0.1) is 13.8 Å². The molecule has 1 heterocycles. The molecule has 2 aromatic rings. The van der Waals surface area contributed by atoms with Crippen LogP contribution in [0.1, 0.15) is 28.7 Å². The highest BCUT2D eigenvalue weighted by atomic mass is 32.2. The lowest BCUT2D eigenvalue weighted by molar-refractivity contribution is -0.153. The van der Waals surface area contributed by atoms with Crippen molar-refractivity contribution in [3.05, 3.63) is 29.2 Å². The molecule has 0 radical (unpaired) electrons. The summed E-state index contributed by atoms with van der Waals surface area (Å²) < 4.78 is 71.7. The SMILES string of the molecule is CCS(=O)(=O)c1c(OCC(F)(F)F)ccc(C(=O)Nc2nnc(C)o2)c1C. The zero-order valence-electron chi connectivity index (χ0n) is 14.5. The second kappa shape index (κ2) is 7.55. The van der Waals surface area contributed by atoms with Crippen LogP contribution in [0.25, 0.3) is 0 Å². The molecular formula is C15H16F3N3O5S. The van der Waals surface area contributed by atoms with E-state index in [9.17, 15) is 26.4 Å². The number of ether oxygens (including phenoxy) is 1. The van der Waals surface area contributed by atoms with Gasteiger partial charge < -0.3 is 9.15 Å². The summed E-state index contributed by atoms with van der Waals surface area (Å²) in [5.74, 6) is -1.42. The molecule has 148 valence electrons. The van der Waals surface area contributed by atoms with E-state index in [1.54, 1.807) is 0 Å². The van der Waals surface area contributed by atoms with Gasteiger partial charge in [-0.15, -0.1) is 5.10 Å². The van der Waals surface area contributed by atoms with Crippen LogP contribution < -0.4 is 10.1 Å². The number of alkyl halides is 3. The molecule has 0 atom stereocenters. The number of hydrogen-bond donors (Lipinski definition) is 1. The van der Waals surface area contributed by atoms with Crippen molar-refractivity contribution in [3.63, 3.8) is 0 Å². The van der Waals surface area contributed by atoms with Gasteiger partial charge in [0.15, 0.2) is 16.4 Å². The summed E-state index contributed by atoms with van der Waals surface area (Å²) in [6, 6.07) is 1.97. The average molecular weight is 407 g/mol. The number of hydrogen-bond acceptors (Lipinski definition) is 7. The maximum atomic E-state index is 12.4. The van der Waals surface area contributed by atoms with Gasteiger partial charge in [0.2, 0.25) is 5.89 Å². The Balaban J connectivity index is 2.45. The molecule has 12 heteroatoms. The maximum absolute atomic E-state index is 12.4. The van der Waals surface area contributed by atoms with E-state index in [2.05, 4.69) is 20.3 Å². The fourth-order valence-corrected chi connectivity index (χ4v) is 3.53. The number of rotatable bonds is 6. The van der Waals surface area contributed by atoms with Crippen molar-refractivity contribution in [3.8, 4) is 5.75 Å². The maximum Gasteiger partial charge on any atom is 0.422 e. The predicted molar refractivity (Wildman–Crippen MR) is 87.4 cm³/mol. The Kier molecular flexibility index (Phi) is 5.78. The number of benzene rings is 1. The Bertz CT molecular complexity index is 954. The Labute approximate surface area is 152 Å². The van der Waals surface area contributed by atoms with Crippen molar-refractivity contribution >= 4 is 21.8 Å². The first-order valence-corrected chi connectivity index (χ1v) is 9.27. The Morgan fingerprint density at radius 2 is 1.93 bits per heavy atom. The third kappa shape index (κ3) is 4.96. The normalized spacial score (nSPS) is 12.1. The number of nitrogens with one attached hydrogen (secondary N) is 1. The van der Waals surface area contributed by atoms with Gasteiger partial charge in [0.05, 0.1) is 5.75 Å². The third-order valence-electron chi connectivity index (χ3n) is 3.44. The van der Waals surface area contributed by atoms with Gasteiger partial charge in [-0.1, -0.05) is 12.0 Å². The monoisotopic (exact) mass is 407 g/mol. The molecule has 0 aliphatic carbocycles. The average Bonchev–Trinajstić information content (AvgIpc) is 2.96. The Morgan fingerprint density at radius 1 is 1.26 bits per heavy atom. The van der Waals surface area contributed by atoms with Gasteiger partial charge in [-0.3, -0.25) is 10.1 Å². The van der Waals surface area contributed by atoms with Crippen molar-refractivity contribution in [2.45, 2.75) is 31.8 Å². The Morgan fingerprint density at radius 3 is 2.44 bits per heavy atom. The molecule has 0 saturated heterocycles. The number of aryl methyl sites for hydroxylation is 1. The first kappa shape index (κ1) is 20.7. The molecule has 1 aromatic carbocycles. The number of halogens is 3. The first-order chi connectivity index (χ1) is 12.4. The van der Waals surface area contributed by atoms with Crippen LogP contribution in [0.15, 0.2) is 21.4 Å². The van der Waals surface area contributed by atoms with Gasteiger partial charge in [-0.25, -0.2) is 8.42 Å². The molecule has 0 spiro atoms. The largest absolute Gasteiger partial charge is 0.483 e. The number of anilines is 1. The van der Waals surface area contributed by atoms with Crippen molar-refractivity contribution in [1.29, 1.82) is 0 Å². The third-order valence-corrected chi connectivity index (χ3v) is 5.33. The lowest BCUT2D eigenvalue weighted by atomic mass is 10.1. The summed E-state index contributed by atoms with van der Waals surface area (Å²) in [5.41, 5.74) is -0.137. The molecular weight excluding hydrogens is 391 g/mol. The molecule has 2 rings (SSSR count). The number of nitrogens with zero attached hydrogens (tertiary/aromatic N) is 2. The summed E-state index contributed by atoms with van der Waals surface area (Å²) in [6.07, 6.45) is -4.65. The molecule has 8 nitrogen and oxygen atoms in total. The van der Waals surface area contributed by atoms with Crippen molar-refractivity contribution in [1.82, 2.24) is 10.2 Å². The van der Waals surface area contributed by atoms with Gasteiger partial charge in [0.1, 0.15) is 10.6 Å². The summed E-state index contributed by atoms with van der Waals surface area (Å²) in [5, 5.41) is 9.42. The lowest BCUT2D eigenvalue weighted by Crippen LogP contribution is -2.22. The standard InChI is InChI=1S/C15H16F3N3O5S/c1-4-27(23,24)12-8(2)10(5-6-11(12)25-7-15(16,17)18)13(22)19-14-21-20-9(3)26-14/h5-6H,4,7H2,1-3H3,(H,19,21,22). The van der Waals surface area contributed by atoms with Crippen LogP contribution in [0.2, 0.25) is 0 Å². The minimum Gasteiger partial charge on any atom is -0.483 e. The fraction of sp³-hybridized carbons (Fsp3) is 0.400. The van der Waals surface area contributed by atoms with Crippen LogP contribution in [-0.4, -0.2) is 43.1 Å². The molecule has 1 amide bonds. The van der Waals surface area contributed by atoms with Gasteiger partial charge >= 0.3 is 12.2 Å². The smallest absolute Gasteiger partial charge is 0.422 e. The molecule has 1 N–H and O–H groups in total. The van der Waals surface area contributed by atoms with Crippen LogP contribution in [0.4, 0.5) is 19.2 Å². The van der Waals surface area contributed by atoms with E-state index in [-0.39, 0.29) is 28.8 Å². The highest BCUT2D eigenvalue weighted by molar-refractivity contribution is 7.91. The number of carbonyl (C=O) groups is 1. The highest BCUT2D eigenvalue weighted by Gasteiger charge is 2.31. The second-order valence-electron chi connectivity index (χ2n) is 5.45. The van der Waals surface area contributed by atoms with Crippen molar-refractivity contribution in [2.24, 2.45) is 0 Å². The number of amides is 1. The zero-order valence-corrected chi connectivity index (χ0v) is 15.4. The minimum atomic E-state index is -4.65. The second-order valence-corrected chi connectivity index (χ2v) is 7.67. The summed E-state index contributed by atoms with van der Waals surface area (Å²) >= 11 is 0. The van der Waals surface area contributed by atoms with Gasteiger partial charge in [0.25, 0.3) is 5.91 Å². The number of aromatic nitrogens is 2. The molecule has 27 heavy (non-hydrogen) atoms. The molecule has 0 saturated carbocycles. The van der Waals surface area contributed by atoms with Gasteiger partial charge in [-0.05, 0) is 24.6 Å². The highest BCUT2D eigenvalue weighted by Crippen LogP contribution is 2.32. The minimum absolute atomic E-state index is 0.0507. The molecule has 0 bridgehead atoms. The van der Waals surface area contributed by atoms with Crippen LogP contribution in [-0.2, 0) is 9.84 Å². The summed E-state index contributed by atoms with van der Waals surface area (Å²) in [6.45, 7) is 2.48. The van der Waals surface area contributed by atoms with Crippen molar-refractivity contribution in [2.75, 3.05) is 17.7 Å². The topological polar surface area (TPSA) is 111 Å². The van der Waals surface area contributed by atoms with Crippen molar-refractivity contribution < 1.29 is 35.5 Å². The van der Waals surface area contributed by atoms with E-state index >= 15 is 0 Å². The molecule has 0 unspecified atom stereocenters. The molecule has 1 aromatic heterocycles. The van der Waals surface area contributed by atoms with E-state index in [0.717, 1.165) is 12.1 Å². The van der Waals surface area contributed by atoms with Crippen LogP contribution >= 0.6 is 0 Å². The van der Waals surface area contributed by atoms with E-state index in [4.69, 9.17) is 4.42 Å². The lowest BCUT2D eigenvalue weighted by Gasteiger charge is -2.17. The van der Waals surface area contributed by atoms with Crippen LogP contribution in [0.3, 0.4) is 0 Å². The van der Waals surface area contributed by atoms with E-state index < -0.39 is 39.2 Å². The molecule has 0 fully saturated rings. The quantitative estimate of drug-likeness (QED) is 0.784. The van der Waals surface area contributed by atoms with E-state index in [1.165, 1.54) is 20.8 Å². The van der Waals surface area contributed by atoms with Crippen LogP contribution in [0.5, 0.6) is 5.75 Å². The summed E-state index contributed by atoms with van der Waals surface area (Å²) in [4.78, 5) is 11.9. The van der Waals surface area contributed by atoms with Gasteiger partial charge in [0, 0.05) is 12.5 Å².